The topological polar surface area (TPSA) is 70.6 Å². The lowest BCUT2D eigenvalue weighted by Gasteiger charge is -2.30. The minimum atomic E-state index is -3.75. The predicted octanol–water partition coefficient (Wildman–Crippen LogP) is 2.53. The van der Waals surface area contributed by atoms with Crippen LogP contribution in [0.2, 0.25) is 0 Å². The summed E-state index contributed by atoms with van der Waals surface area (Å²) in [7, 11) is -2.34. The van der Waals surface area contributed by atoms with Gasteiger partial charge in [0, 0.05) is 32.0 Å². The number of carbonyl (C=O) groups excluding carboxylic acids is 1. The predicted molar refractivity (Wildman–Crippen MR) is 101 cm³/mol. The van der Waals surface area contributed by atoms with E-state index in [0.29, 0.717) is 6.54 Å². The van der Waals surface area contributed by atoms with Crippen LogP contribution < -0.4 is 0 Å². The van der Waals surface area contributed by atoms with E-state index in [1.54, 1.807) is 11.0 Å². The standard InChI is InChI=1S/C19H25N3O3S/c1-4-16(2)22(14-17-9-6-5-7-10-17)19(23)15-21(3)26(24,25)18-11-8-12-20-13-18/h5-13,16H,4,14-15H2,1-3H3. The molecule has 1 amide bonds. The Hall–Kier alpha value is -2.25. The maximum atomic E-state index is 12.8. The van der Waals surface area contributed by atoms with Crippen LogP contribution in [0.5, 0.6) is 0 Å². The largest absolute Gasteiger partial charge is 0.335 e. The van der Waals surface area contributed by atoms with E-state index in [2.05, 4.69) is 4.98 Å². The number of hydrogen-bond donors (Lipinski definition) is 0. The van der Waals surface area contributed by atoms with Gasteiger partial charge in [-0.1, -0.05) is 37.3 Å². The zero-order valence-electron chi connectivity index (χ0n) is 15.4. The van der Waals surface area contributed by atoms with Crippen LogP contribution in [-0.2, 0) is 21.4 Å². The molecule has 1 atom stereocenters. The molecule has 0 spiro atoms. The van der Waals surface area contributed by atoms with Gasteiger partial charge in [-0.3, -0.25) is 9.78 Å². The van der Waals surface area contributed by atoms with Crippen molar-refractivity contribution in [2.75, 3.05) is 13.6 Å². The number of likely N-dealkylation sites (N-methyl/N-ethyl adjacent to an activating group) is 1. The molecule has 0 fully saturated rings. The molecule has 0 bridgehead atoms. The van der Waals surface area contributed by atoms with E-state index in [9.17, 15) is 13.2 Å². The average Bonchev–Trinajstić information content (AvgIpc) is 2.66. The Bertz CT molecular complexity index is 810. The maximum Gasteiger partial charge on any atom is 0.244 e. The first-order chi connectivity index (χ1) is 12.4. The van der Waals surface area contributed by atoms with Crippen molar-refractivity contribution in [1.82, 2.24) is 14.2 Å². The highest BCUT2D eigenvalue weighted by Crippen LogP contribution is 2.15. The van der Waals surface area contributed by atoms with Gasteiger partial charge in [-0.25, -0.2) is 8.42 Å². The van der Waals surface area contributed by atoms with Gasteiger partial charge in [0.25, 0.3) is 0 Å². The zero-order valence-corrected chi connectivity index (χ0v) is 16.2. The minimum absolute atomic E-state index is 0.0113. The lowest BCUT2D eigenvalue weighted by atomic mass is 10.1. The lowest BCUT2D eigenvalue weighted by Crippen LogP contribution is -2.44. The molecule has 0 aliphatic carbocycles. The third-order valence-electron chi connectivity index (χ3n) is 4.34. The van der Waals surface area contributed by atoms with Gasteiger partial charge in [-0.05, 0) is 31.0 Å². The molecule has 1 unspecified atom stereocenters. The first-order valence-corrected chi connectivity index (χ1v) is 10.00. The molecule has 7 heteroatoms. The zero-order chi connectivity index (χ0) is 19.2. The van der Waals surface area contributed by atoms with Crippen molar-refractivity contribution in [2.24, 2.45) is 0 Å². The Labute approximate surface area is 155 Å². The number of sulfonamides is 1. The number of rotatable bonds is 8. The highest BCUT2D eigenvalue weighted by atomic mass is 32.2. The first-order valence-electron chi connectivity index (χ1n) is 8.56. The SMILES string of the molecule is CCC(C)N(Cc1ccccc1)C(=O)CN(C)S(=O)(=O)c1cccnc1. The minimum Gasteiger partial charge on any atom is -0.335 e. The molecule has 0 radical (unpaired) electrons. The van der Waals surface area contributed by atoms with Crippen molar-refractivity contribution in [2.45, 2.75) is 37.8 Å². The van der Waals surface area contributed by atoms with Crippen LogP contribution in [0.4, 0.5) is 0 Å². The lowest BCUT2D eigenvalue weighted by molar-refractivity contribution is -0.134. The monoisotopic (exact) mass is 375 g/mol. The number of hydrogen-bond acceptors (Lipinski definition) is 4. The summed E-state index contributed by atoms with van der Waals surface area (Å²) in [5.41, 5.74) is 1.01. The van der Waals surface area contributed by atoms with Gasteiger partial charge in [0.1, 0.15) is 4.90 Å². The summed E-state index contributed by atoms with van der Waals surface area (Å²) in [6, 6.07) is 12.7. The fraction of sp³-hybridized carbons (Fsp3) is 0.368. The number of aromatic nitrogens is 1. The highest BCUT2D eigenvalue weighted by Gasteiger charge is 2.27. The van der Waals surface area contributed by atoms with E-state index in [4.69, 9.17) is 0 Å². The fourth-order valence-electron chi connectivity index (χ4n) is 2.54. The molecule has 0 aliphatic rings. The smallest absolute Gasteiger partial charge is 0.244 e. The molecule has 6 nitrogen and oxygen atoms in total. The Kier molecular flexibility index (Phi) is 6.88. The summed E-state index contributed by atoms with van der Waals surface area (Å²) in [6.07, 6.45) is 3.58. The average molecular weight is 375 g/mol. The fourth-order valence-corrected chi connectivity index (χ4v) is 3.62. The Morgan fingerprint density at radius 2 is 1.85 bits per heavy atom. The normalized spacial score (nSPS) is 12.8. The van der Waals surface area contributed by atoms with Crippen molar-refractivity contribution >= 4 is 15.9 Å². The summed E-state index contributed by atoms with van der Waals surface area (Å²) in [6.45, 7) is 4.21. The summed E-state index contributed by atoms with van der Waals surface area (Å²) >= 11 is 0. The van der Waals surface area contributed by atoms with Crippen molar-refractivity contribution < 1.29 is 13.2 Å². The third kappa shape index (κ3) is 4.89. The number of pyridine rings is 1. The molecular weight excluding hydrogens is 350 g/mol. The maximum absolute atomic E-state index is 12.8. The molecule has 0 N–H and O–H groups in total. The van der Waals surface area contributed by atoms with Gasteiger partial charge in [0.15, 0.2) is 0 Å². The number of amides is 1. The molecule has 26 heavy (non-hydrogen) atoms. The Morgan fingerprint density at radius 1 is 1.15 bits per heavy atom. The van der Waals surface area contributed by atoms with Gasteiger partial charge in [-0.15, -0.1) is 0 Å². The first kappa shape index (κ1) is 20.1. The summed E-state index contributed by atoms with van der Waals surface area (Å²) in [4.78, 5) is 18.5. The van der Waals surface area contributed by atoms with Crippen molar-refractivity contribution in [3.05, 3.63) is 60.4 Å². The van der Waals surface area contributed by atoms with E-state index in [1.807, 2.05) is 44.2 Å². The van der Waals surface area contributed by atoms with Crippen LogP contribution in [-0.4, -0.2) is 48.1 Å². The van der Waals surface area contributed by atoms with E-state index in [1.165, 1.54) is 25.5 Å². The van der Waals surface area contributed by atoms with Crippen LogP contribution in [0, 0.1) is 0 Å². The van der Waals surface area contributed by atoms with E-state index in [0.717, 1.165) is 16.3 Å². The van der Waals surface area contributed by atoms with Crippen LogP contribution >= 0.6 is 0 Å². The molecule has 2 aromatic rings. The summed E-state index contributed by atoms with van der Waals surface area (Å²) < 4.78 is 26.3. The second kappa shape index (κ2) is 8.91. The number of benzene rings is 1. The van der Waals surface area contributed by atoms with Gasteiger partial charge in [-0.2, -0.15) is 4.31 Å². The molecular formula is C19H25N3O3S. The molecule has 0 saturated carbocycles. The van der Waals surface area contributed by atoms with E-state index < -0.39 is 10.0 Å². The van der Waals surface area contributed by atoms with Crippen molar-refractivity contribution in [1.29, 1.82) is 0 Å². The van der Waals surface area contributed by atoms with E-state index >= 15 is 0 Å². The molecule has 0 saturated heterocycles. The molecule has 0 aliphatic heterocycles. The van der Waals surface area contributed by atoms with Crippen LogP contribution in [0.1, 0.15) is 25.8 Å². The van der Waals surface area contributed by atoms with Gasteiger partial charge in [0.2, 0.25) is 15.9 Å². The van der Waals surface area contributed by atoms with Crippen molar-refractivity contribution in [3.8, 4) is 0 Å². The number of carbonyl (C=O) groups is 1. The summed E-state index contributed by atoms with van der Waals surface area (Å²) in [5, 5.41) is 0. The Balaban J connectivity index is 2.15. The quantitative estimate of drug-likeness (QED) is 0.711. The number of nitrogens with zero attached hydrogens (tertiary/aromatic N) is 3. The Morgan fingerprint density at radius 3 is 2.42 bits per heavy atom. The molecule has 1 heterocycles. The van der Waals surface area contributed by atoms with Crippen LogP contribution in [0.25, 0.3) is 0 Å². The van der Waals surface area contributed by atoms with Gasteiger partial charge in [0.05, 0.1) is 6.54 Å². The molecule has 1 aromatic heterocycles. The third-order valence-corrected chi connectivity index (χ3v) is 6.13. The van der Waals surface area contributed by atoms with Crippen molar-refractivity contribution in [3.63, 3.8) is 0 Å². The summed E-state index contributed by atoms with van der Waals surface area (Å²) in [5.74, 6) is -0.224. The highest BCUT2D eigenvalue weighted by molar-refractivity contribution is 7.89. The van der Waals surface area contributed by atoms with Crippen LogP contribution in [0.3, 0.4) is 0 Å². The second-order valence-electron chi connectivity index (χ2n) is 6.21. The van der Waals surface area contributed by atoms with E-state index in [-0.39, 0.29) is 23.4 Å². The van der Waals surface area contributed by atoms with Crippen LogP contribution in [0.15, 0.2) is 59.8 Å². The second-order valence-corrected chi connectivity index (χ2v) is 8.26. The molecule has 2 rings (SSSR count). The van der Waals surface area contributed by atoms with Gasteiger partial charge >= 0.3 is 0 Å². The molecule has 140 valence electrons. The molecule has 1 aromatic carbocycles. The van der Waals surface area contributed by atoms with Gasteiger partial charge < -0.3 is 4.90 Å².